The molecule has 0 saturated carbocycles. The first kappa shape index (κ1) is 31.0. The molecular weight excluding hydrogens is 673 g/mol. The van der Waals surface area contributed by atoms with E-state index in [0.29, 0.717) is 5.82 Å². The molecule has 0 unspecified atom stereocenters. The molecule has 0 fully saturated rings. The first-order valence-corrected chi connectivity index (χ1v) is 19.2. The fourth-order valence-corrected chi connectivity index (χ4v) is 10.1. The van der Waals surface area contributed by atoms with Crippen molar-refractivity contribution in [2.75, 3.05) is 0 Å². The molecule has 0 atom stereocenters. The van der Waals surface area contributed by atoms with Gasteiger partial charge in [-0.2, -0.15) is 0 Å². The van der Waals surface area contributed by atoms with Gasteiger partial charge in [0.2, 0.25) is 0 Å². The third-order valence-electron chi connectivity index (χ3n) is 11.2. The Morgan fingerprint density at radius 2 is 0.926 bits per heavy atom. The van der Waals surface area contributed by atoms with E-state index >= 15 is 0 Å². The third kappa shape index (κ3) is 4.62. The summed E-state index contributed by atoms with van der Waals surface area (Å²) < 4.78 is 0. The van der Waals surface area contributed by atoms with Gasteiger partial charge in [0.25, 0.3) is 0 Å². The molecule has 0 amide bonds. The number of rotatable bonds is 4. The van der Waals surface area contributed by atoms with Gasteiger partial charge in [0.1, 0.15) is 0 Å². The van der Waals surface area contributed by atoms with Crippen molar-refractivity contribution in [2.45, 2.75) is 15.2 Å². The van der Waals surface area contributed by atoms with E-state index in [0.717, 1.165) is 33.6 Å². The minimum atomic E-state index is -0.437. The maximum atomic E-state index is 5.31. The molecule has 2 nitrogen and oxygen atoms in total. The van der Waals surface area contributed by atoms with E-state index in [1.807, 2.05) is 17.8 Å². The maximum absolute atomic E-state index is 5.31. The molecule has 8 aromatic carbocycles. The molecule has 0 N–H and O–H groups in total. The second-order valence-corrected chi connectivity index (χ2v) is 15.1. The smallest absolute Gasteiger partial charge is 0.160 e. The normalized spacial score (nSPS) is 13.3. The molecular formula is C51H32N2S. The van der Waals surface area contributed by atoms with Gasteiger partial charge in [0.15, 0.2) is 5.82 Å². The van der Waals surface area contributed by atoms with Crippen LogP contribution in [0.4, 0.5) is 0 Å². The van der Waals surface area contributed by atoms with Crippen LogP contribution in [0.5, 0.6) is 0 Å². The number of hydrogen-bond acceptors (Lipinski definition) is 3. The molecule has 0 radical (unpaired) electrons. The van der Waals surface area contributed by atoms with E-state index in [1.54, 1.807) is 0 Å². The number of benzene rings is 8. The number of nitrogens with zero attached hydrogens (tertiary/aromatic N) is 2. The van der Waals surface area contributed by atoms with Crippen molar-refractivity contribution in [3.05, 3.63) is 216 Å². The molecule has 0 saturated heterocycles. The Labute approximate surface area is 318 Å². The lowest BCUT2D eigenvalue weighted by Gasteiger charge is -2.40. The Morgan fingerprint density at radius 1 is 0.352 bits per heavy atom. The van der Waals surface area contributed by atoms with Gasteiger partial charge in [-0.3, -0.25) is 0 Å². The summed E-state index contributed by atoms with van der Waals surface area (Å²) in [7, 11) is 0. The zero-order valence-corrected chi connectivity index (χ0v) is 30.1. The summed E-state index contributed by atoms with van der Waals surface area (Å²) in [4.78, 5) is 13.1. The number of fused-ring (bicyclic) bond motifs is 10. The summed E-state index contributed by atoms with van der Waals surface area (Å²) >= 11 is 1.89. The van der Waals surface area contributed by atoms with Crippen molar-refractivity contribution >= 4 is 22.5 Å². The van der Waals surface area contributed by atoms with E-state index in [1.165, 1.54) is 59.5 Å². The summed E-state index contributed by atoms with van der Waals surface area (Å²) in [5.41, 5.74) is 14.8. The lowest BCUT2D eigenvalue weighted by atomic mass is 9.67. The zero-order chi connectivity index (χ0) is 35.6. The Kier molecular flexibility index (Phi) is 7.05. The summed E-state index contributed by atoms with van der Waals surface area (Å²) in [6, 6.07) is 70.2. The molecule has 3 heteroatoms. The summed E-state index contributed by atoms with van der Waals surface area (Å²) in [6.07, 6.45) is 0. The monoisotopic (exact) mass is 704 g/mol. The highest BCUT2D eigenvalue weighted by Crippen LogP contribution is 2.63. The first-order valence-electron chi connectivity index (χ1n) is 18.4. The molecule has 2 heterocycles. The van der Waals surface area contributed by atoms with Gasteiger partial charge >= 0.3 is 0 Å². The molecule has 2 aliphatic rings. The van der Waals surface area contributed by atoms with Crippen LogP contribution in [0.25, 0.3) is 66.9 Å². The second-order valence-electron chi connectivity index (χ2n) is 14.1. The predicted octanol–water partition coefficient (Wildman–Crippen LogP) is 13.1. The highest BCUT2D eigenvalue weighted by molar-refractivity contribution is 7.99. The van der Waals surface area contributed by atoms with E-state index in [-0.39, 0.29) is 0 Å². The fourth-order valence-electron chi connectivity index (χ4n) is 8.83. The lowest BCUT2D eigenvalue weighted by molar-refractivity contribution is 0.723. The maximum Gasteiger partial charge on any atom is 0.160 e. The molecule has 1 spiro atoms. The van der Waals surface area contributed by atoms with Crippen molar-refractivity contribution in [3.63, 3.8) is 0 Å². The van der Waals surface area contributed by atoms with Crippen LogP contribution in [0.2, 0.25) is 0 Å². The summed E-state index contributed by atoms with van der Waals surface area (Å²) in [5, 5.41) is 2.40. The average Bonchev–Trinajstić information content (AvgIpc) is 3.54. The zero-order valence-electron chi connectivity index (χ0n) is 29.3. The molecule has 54 heavy (non-hydrogen) atoms. The summed E-state index contributed by atoms with van der Waals surface area (Å²) in [6.45, 7) is 0. The third-order valence-corrected chi connectivity index (χ3v) is 12.4. The Balaban J connectivity index is 1.15. The molecule has 11 rings (SSSR count). The standard InChI is InChI=1S/C51H32N2S/c1-2-16-34(17-3-1)50-52-46(36-30-29-33-15-4-5-18-35(33)31-36)32-47(53-50)40-22-7-6-19-37(40)41-23-14-27-45-49(41)54-48-28-13-12-26-44(48)51(45)42-24-10-8-20-38(42)39-21-9-11-25-43(39)51/h1-32H. The van der Waals surface area contributed by atoms with E-state index in [4.69, 9.17) is 9.97 Å². The van der Waals surface area contributed by atoms with Crippen molar-refractivity contribution in [1.82, 2.24) is 9.97 Å². The molecule has 252 valence electrons. The quantitative estimate of drug-likeness (QED) is 0.182. The average molecular weight is 705 g/mol. The van der Waals surface area contributed by atoms with Gasteiger partial charge in [-0.15, -0.1) is 0 Å². The first-order chi connectivity index (χ1) is 26.8. The highest BCUT2D eigenvalue weighted by Gasteiger charge is 2.50. The Morgan fingerprint density at radius 3 is 1.70 bits per heavy atom. The van der Waals surface area contributed by atoms with Gasteiger partial charge < -0.3 is 0 Å². The predicted molar refractivity (Wildman–Crippen MR) is 223 cm³/mol. The topological polar surface area (TPSA) is 25.8 Å². The number of hydrogen-bond donors (Lipinski definition) is 0. The second kappa shape index (κ2) is 12.3. The van der Waals surface area contributed by atoms with Crippen LogP contribution in [-0.2, 0) is 5.41 Å². The summed E-state index contributed by atoms with van der Waals surface area (Å²) in [5.74, 6) is 0.711. The van der Waals surface area contributed by atoms with Gasteiger partial charge in [0.05, 0.1) is 16.8 Å². The SMILES string of the molecule is c1ccc(-c2nc(-c3ccc4ccccc4c3)cc(-c3ccccc3-c3cccc4c3Sc3ccccc3C43c4ccccc4-c4ccccc43)n2)cc1. The largest absolute Gasteiger partial charge is 0.228 e. The van der Waals surface area contributed by atoms with E-state index in [9.17, 15) is 0 Å². The van der Waals surface area contributed by atoms with Crippen LogP contribution in [0, 0.1) is 0 Å². The van der Waals surface area contributed by atoms with Crippen LogP contribution in [0.3, 0.4) is 0 Å². The van der Waals surface area contributed by atoms with Gasteiger partial charge in [-0.05, 0) is 73.5 Å². The Bertz CT molecular complexity index is 2880. The molecule has 1 aliphatic carbocycles. The van der Waals surface area contributed by atoms with Crippen LogP contribution < -0.4 is 0 Å². The van der Waals surface area contributed by atoms with Crippen LogP contribution in [0.15, 0.2) is 204 Å². The van der Waals surface area contributed by atoms with E-state index < -0.39 is 5.41 Å². The molecule has 0 bridgehead atoms. The van der Waals surface area contributed by atoms with Gasteiger partial charge in [-0.1, -0.05) is 188 Å². The molecule has 1 aromatic heterocycles. The molecule has 9 aromatic rings. The van der Waals surface area contributed by atoms with Gasteiger partial charge in [-0.25, -0.2) is 9.97 Å². The van der Waals surface area contributed by atoms with Crippen LogP contribution >= 0.6 is 11.8 Å². The van der Waals surface area contributed by atoms with Gasteiger partial charge in [0, 0.05) is 26.5 Å². The van der Waals surface area contributed by atoms with Crippen LogP contribution in [-0.4, -0.2) is 9.97 Å². The molecule has 1 aliphatic heterocycles. The fraction of sp³-hybridized carbons (Fsp3) is 0.0196. The Hall–Kier alpha value is -6.55. The van der Waals surface area contributed by atoms with Crippen molar-refractivity contribution < 1.29 is 0 Å². The minimum absolute atomic E-state index is 0.437. The number of aromatic nitrogens is 2. The van der Waals surface area contributed by atoms with Crippen molar-refractivity contribution in [2.24, 2.45) is 0 Å². The highest BCUT2D eigenvalue weighted by atomic mass is 32.2. The lowest BCUT2D eigenvalue weighted by Crippen LogP contribution is -2.32. The van der Waals surface area contributed by atoms with Crippen molar-refractivity contribution in [3.8, 4) is 56.2 Å². The van der Waals surface area contributed by atoms with Crippen molar-refractivity contribution in [1.29, 1.82) is 0 Å². The van der Waals surface area contributed by atoms with Crippen LogP contribution in [0.1, 0.15) is 22.3 Å². The van der Waals surface area contributed by atoms with E-state index in [2.05, 4.69) is 188 Å². The minimum Gasteiger partial charge on any atom is -0.228 e.